The van der Waals surface area contributed by atoms with Crippen molar-refractivity contribution in [2.45, 2.75) is 13.3 Å². The predicted molar refractivity (Wildman–Crippen MR) is 63.8 cm³/mol. The Morgan fingerprint density at radius 3 is 2.94 bits per heavy atom. The molecular weight excluding hydrogens is 226 g/mol. The number of esters is 1. The molecule has 84 valence electrons. The summed E-state index contributed by atoms with van der Waals surface area (Å²) < 4.78 is 4.65. The van der Waals surface area contributed by atoms with Crippen molar-refractivity contribution >= 4 is 28.5 Å². The third-order valence-corrected chi connectivity index (χ3v) is 3.11. The minimum Gasteiger partial charge on any atom is -0.469 e. The standard InChI is InChI=1S/C12H12ClNO2/c1-7-10(13)4-3-9-8(5-11(15)16-2)6-14-12(7)9/h3-4,6,14H,5H2,1-2H3. The van der Waals surface area contributed by atoms with Crippen LogP contribution in [0.1, 0.15) is 11.1 Å². The van der Waals surface area contributed by atoms with Crippen molar-refractivity contribution in [1.29, 1.82) is 0 Å². The van der Waals surface area contributed by atoms with Gasteiger partial charge in [-0.1, -0.05) is 17.7 Å². The Labute approximate surface area is 98.4 Å². The Hall–Kier alpha value is -1.48. The number of ether oxygens (including phenoxy) is 1. The van der Waals surface area contributed by atoms with Crippen molar-refractivity contribution < 1.29 is 9.53 Å². The monoisotopic (exact) mass is 237 g/mol. The number of halogens is 1. The second-order valence-electron chi connectivity index (χ2n) is 3.66. The van der Waals surface area contributed by atoms with Gasteiger partial charge in [0.1, 0.15) is 0 Å². The van der Waals surface area contributed by atoms with Crippen molar-refractivity contribution in [2.75, 3.05) is 7.11 Å². The van der Waals surface area contributed by atoms with E-state index in [-0.39, 0.29) is 12.4 Å². The normalized spacial score (nSPS) is 10.7. The van der Waals surface area contributed by atoms with Crippen molar-refractivity contribution in [3.8, 4) is 0 Å². The molecule has 0 radical (unpaired) electrons. The first-order chi connectivity index (χ1) is 7.63. The first-order valence-corrected chi connectivity index (χ1v) is 5.33. The zero-order chi connectivity index (χ0) is 11.7. The second-order valence-corrected chi connectivity index (χ2v) is 4.07. The van der Waals surface area contributed by atoms with Gasteiger partial charge >= 0.3 is 5.97 Å². The number of carbonyl (C=O) groups is 1. The number of carbonyl (C=O) groups excluding carboxylic acids is 1. The van der Waals surface area contributed by atoms with E-state index in [9.17, 15) is 4.79 Å². The number of aromatic nitrogens is 1. The minimum absolute atomic E-state index is 0.242. The van der Waals surface area contributed by atoms with E-state index >= 15 is 0 Å². The molecule has 1 aromatic heterocycles. The molecule has 2 rings (SSSR count). The van der Waals surface area contributed by atoms with Crippen LogP contribution >= 0.6 is 11.6 Å². The fourth-order valence-electron chi connectivity index (χ4n) is 1.75. The summed E-state index contributed by atoms with van der Waals surface area (Å²) in [6.07, 6.45) is 2.10. The van der Waals surface area contributed by atoms with Crippen LogP contribution < -0.4 is 0 Å². The molecule has 3 nitrogen and oxygen atoms in total. The molecule has 1 heterocycles. The maximum atomic E-state index is 11.2. The van der Waals surface area contributed by atoms with Gasteiger partial charge in [0.15, 0.2) is 0 Å². The first kappa shape index (κ1) is 11.0. The molecule has 0 aliphatic heterocycles. The summed E-state index contributed by atoms with van der Waals surface area (Å²) in [5, 5.41) is 1.74. The van der Waals surface area contributed by atoms with Crippen LogP contribution in [0.5, 0.6) is 0 Å². The van der Waals surface area contributed by atoms with Gasteiger partial charge in [-0.15, -0.1) is 0 Å². The highest BCUT2D eigenvalue weighted by Gasteiger charge is 2.11. The molecule has 16 heavy (non-hydrogen) atoms. The lowest BCUT2D eigenvalue weighted by atomic mass is 10.1. The topological polar surface area (TPSA) is 42.1 Å². The second kappa shape index (κ2) is 4.18. The molecule has 0 unspecified atom stereocenters. The molecule has 0 atom stereocenters. The lowest BCUT2D eigenvalue weighted by Gasteiger charge is -2.01. The summed E-state index contributed by atoms with van der Waals surface area (Å²) in [6.45, 7) is 1.95. The predicted octanol–water partition coefficient (Wildman–Crippen LogP) is 2.85. The zero-order valence-electron chi connectivity index (χ0n) is 9.13. The highest BCUT2D eigenvalue weighted by molar-refractivity contribution is 6.32. The molecule has 0 saturated carbocycles. The van der Waals surface area contributed by atoms with Gasteiger partial charge in [0, 0.05) is 16.6 Å². The van der Waals surface area contributed by atoms with Crippen LogP contribution in [0.4, 0.5) is 0 Å². The van der Waals surface area contributed by atoms with Gasteiger partial charge in [-0.3, -0.25) is 4.79 Å². The fraction of sp³-hybridized carbons (Fsp3) is 0.250. The van der Waals surface area contributed by atoms with Crippen LogP contribution in [0.25, 0.3) is 10.9 Å². The Bertz CT molecular complexity index is 545. The van der Waals surface area contributed by atoms with E-state index < -0.39 is 0 Å². The summed E-state index contributed by atoms with van der Waals surface area (Å²) in [5.74, 6) is -0.242. The molecule has 2 aromatic rings. The van der Waals surface area contributed by atoms with E-state index in [1.807, 2.05) is 25.3 Å². The average molecular weight is 238 g/mol. The lowest BCUT2D eigenvalue weighted by molar-refractivity contribution is -0.139. The number of aryl methyl sites for hydroxylation is 1. The number of rotatable bonds is 2. The Morgan fingerprint density at radius 2 is 2.25 bits per heavy atom. The van der Waals surface area contributed by atoms with E-state index in [0.717, 1.165) is 27.1 Å². The molecule has 0 amide bonds. The Kier molecular flexibility index (Phi) is 2.88. The fourth-order valence-corrected chi connectivity index (χ4v) is 1.91. The molecule has 0 bridgehead atoms. The minimum atomic E-state index is -0.242. The Balaban J connectivity index is 2.50. The molecule has 0 aliphatic rings. The molecule has 1 aromatic carbocycles. The number of aromatic amines is 1. The molecule has 0 aliphatic carbocycles. The van der Waals surface area contributed by atoms with E-state index in [0.29, 0.717) is 0 Å². The summed E-state index contributed by atoms with van der Waals surface area (Å²) in [6, 6.07) is 3.76. The lowest BCUT2D eigenvalue weighted by Crippen LogP contribution is -2.03. The van der Waals surface area contributed by atoms with Gasteiger partial charge in [-0.05, 0) is 24.1 Å². The molecule has 0 fully saturated rings. The zero-order valence-corrected chi connectivity index (χ0v) is 9.89. The van der Waals surface area contributed by atoms with E-state index in [1.165, 1.54) is 7.11 Å². The van der Waals surface area contributed by atoms with Crippen LogP contribution in [-0.2, 0) is 16.0 Å². The third kappa shape index (κ3) is 1.78. The van der Waals surface area contributed by atoms with Crippen molar-refractivity contribution in [3.05, 3.63) is 34.5 Å². The van der Waals surface area contributed by atoms with Gasteiger partial charge in [-0.2, -0.15) is 0 Å². The van der Waals surface area contributed by atoms with Gasteiger partial charge < -0.3 is 9.72 Å². The van der Waals surface area contributed by atoms with E-state index in [2.05, 4.69) is 9.72 Å². The van der Waals surface area contributed by atoms with Crippen LogP contribution in [0.3, 0.4) is 0 Å². The van der Waals surface area contributed by atoms with Crippen LogP contribution in [-0.4, -0.2) is 18.1 Å². The molecule has 0 saturated heterocycles. The maximum Gasteiger partial charge on any atom is 0.310 e. The summed E-state index contributed by atoms with van der Waals surface area (Å²) in [4.78, 5) is 14.3. The van der Waals surface area contributed by atoms with Gasteiger partial charge in [0.05, 0.1) is 19.0 Å². The van der Waals surface area contributed by atoms with Gasteiger partial charge in [0.2, 0.25) is 0 Å². The van der Waals surface area contributed by atoms with E-state index in [4.69, 9.17) is 11.6 Å². The summed E-state index contributed by atoms with van der Waals surface area (Å²) in [7, 11) is 1.39. The van der Waals surface area contributed by atoms with Gasteiger partial charge in [-0.25, -0.2) is 0 Å². The highest BCUT2D eigenvalue weighted by Crippen LogP contribution is 2.27. The average Bonchev–Trinajstić information content (AvgIpc) is 2.67. The number of H-pyrrole nitrogens is 1. The third-order valence-electron chi connectivity index (χ3n) is 2.70. The highest BCUT2D eigenvalue weighted by atomic mass is 35.5. The van der Waals surface area contributed by atoms with Crippen LogP contribution in [0, 0.1) is 6.92 Å². The number of hydrogen-bond donors (Lipinski definition) is 1. The van der Waals surface area contributed by atoms with Crippen molar-refractivity contribution in [2.24, 2.45) is 0 Å². The number of hydrogen-bond acceptors (Lipinski definition) is 2. The summed E-state index contributed by atoms with van der Waals surface area (Å²) >= 11 is 6.02. The van der Waals surface area contributed by atoms with Crippen molar-refractivity contribution in [3.63, 3.8) is 0 Å². The smallest absolute Gasteiger partial charge is 0.310 e. The number of nitrogens with one attached hydrogen (secondary N) is 1. The number of benzene rings is 1. The molecule has 4 heteroatoms. The molecule has 1 N–H and O–H groups in total. The first-order valence-electron chi connectivity index (χ1n) is 4.95. The van der Waals surface area contributed by atoms with Crippen LogP contribution in [0.2, 0.25) is 5.02 Å². The number of methoxy groups -OCH3 is 1. The Morgan fingerprint density at radius 1 is 1.50 bits per heavy atom. The van der Waals surface area contributed by atoms with Crippen LogP contribution in [0.15, 0.2) is 18.3 Å². The summed E-state index contributed by atoms with van der Waals surface area (Å²) in [5.41, 5.74) is 2.91. The molecular formula is C12H12ClNO2. The quantitative estimate of drug-likeness (QED) is 0.816. The largest absolute Gasteiger partial charge is 0.469 e. The maximum absolute atomic E-state index is 11.2. The van der Waals surface area contributed by atoms with Gasteiger partial charge in [0.25, 0.3) is 0 Å². The SMILES string of the molecule is COC(=O)Cc1c[nH]c2c(C)c(Cl)ccc12. The molecule has 0 spiro atoms. The number of fused-ring (bicyclic) bond motifs is 1. The van der Waals surface area contributed by atoms with Crippen molar-refractivity contribution in [1.82, 2.24) is 4.98 Å². The van der Waals surface area contributed by atoms with E-state index in [1.54, 1.807) is 0 Å².